The predicted molar refractivity (Wildman–Crippen MR) is 329 cm³/mol. The van der Waals surface area contributed by atoms with Gasteiger partial charge in [0, 0.05) is 19.3 Å². The minimum Gasteiger partial charge on any atom is -0.462 e. The van der Waals surface area contributed by atoms with E-state index in [-0.39, 0.29) is 31.1 Å². The Labute approximate surface area is 468 Å². The van der Waals surface area contributed by atoms with Crippen LogP contribution in [0.15, 0.2) is 134 Å². The van der Waals surface area contributed by atoms with Crippen molar-refractivity contribution in [3.63, 3.8) is 0 Å². The zero-order valence-corrected chi connectivity index (χ0v) is 49.2. The van der Waals surface area contributed by atoms with Gasteiger partial charge in [0.1, 0.15) is 13.2 Å². The SMILES string of the molecule is CC/C=C\C/C=C\C/C=C\C/C=C\C/C=C\C/C=C\C/C=C\CCCCCC(=O)OCC(COC(=O)CCCCCCCCCCCC)OC(=O)CCCCCCCCCCCC/C=C\C/C=C\C/C=C\C/C=C\CC. The van der Waals surface area contributed by atoms with Gasteiger partial charge in [0.15, 0.2) is 6.10 Å². The number of carbonyl (C=O) groups is 3. The number of unbranched alkanes of at least 4 members (excludes halogenated alkanes) is 22. The minimum absolute atomic E-state index is 0.0923. The van der Waals surface area contributed by atoms with E-state index in [0.29, 0.717) is 19.3 Å². The van der Waals surface area contributed by atoms with Crippen molar-refractivity contribution in [3.8, 4) is 0 Å². The molecule has 0 heterocycles. The summed E-state index contributed by atoms with van der Waals surface area (Å²) in [6.07, 6.45) is 88.8. The molecule has 0 N–H and O–H groups in total. The number of hydrogen-bond donors (Lipinski definition) is 0. The molecule has 0 radical (unpaired) electrons. The number of rotatable bonds is 55. The Hall–Kier alpha value is -4.45. The van der Waals surface area contributed by atoms with Crippen molar-refractivity contribution in [2.45, 2.75) is 277 Å². The van der Waals surface area contributed by atoms with Gasteiger partial charge in [-0.1, -0.05) is 270 Å². The molecule has 0 aliphatic heterocycles. The molecule has 76 heavy (non-hydrogen) atoms. The van der Waals surface area contributed by atoms with Gasteiger partial charge in [-0.05, 0) is 116 Å². The number of allylic oxidation sites excluding steroid dienone is 22. The number of esters is 3. The maximum Gasteiger partial charge on any atom is 0.306 e. The fourth-order valence-corrected chi connectivity index (χ4v) is 8.30. The summed E-state index contributed by atoms with van der Waals surface area (Å²) in [5, 5.41) is 0. The predicted octanol–water partition coefficient (Wildman–Crippen LogP) is 21.4. The van der Waals surface area contributed by atoms with Crippen LogP contribution in [0.3, 0.4) is 0 Å². The molecule has 0 aromatic carbocycles. The second-order valence-corrected chi connectivity index (χ2v) is 20.2. The molecule has 1 atom stereocenters. The smallest absolute Gasteiger partial charge is 0.306 e. The lowest BCUT2D eigenvalue weighted by Crippen LogP contribution is -2.30. The summed E-state index contributed by atoms with van der Waals surface area (Å²) in [6.45, 7) is 6.37. The fourth-order valence-electron chi connectivity index (χ4n) is 8.30. The van der Waals surface area contributed by atoms with Crippen LogP contribution < -0.4 is 0 Å². The van der Waals surface area contributed by atoms with Gasteiger partial charge in [0.05, 0.1) is 0 Å². The van der Waals surface area contributed by atoms with E-state index in [9.17, 15) is 14.4 Å². The summed E-state index contributed by atoms with van der Waals surface area (Å²) in [7, 11) is 0. The second-order valence-electron chi connectivity index (χ2n) is 20.2. The zero-order valence-electron chi connectivity index (χ0n) is 49.2. The van der Waals surface area contributed by atoms with E-state index in [1.165, 1.54) is 96.3 Å². The van der Waals surface area contributed by atoms with Gasteiger partial charge in [-0.15, -0.1) is 0 Å². The molecule has 0 saturated heterocycles. The highest BCUT2D eigenvalue weighted by Crippen LogP contribution is 2.15. The van der Waals surface area contributed by atoms with Crippen LogP contribution in [-0.2, 0) is 28.6 Å². The van der Waals surface area contributed by atoms with Crippen molar-refractivity contribution < 1.29 is 28.6 Å². The Balaban J connectivity index is 4.37. The monoisotopic (exact) mass is 1050 g/mol. The van der Waals surface area contributed by atoms with E-state index in [0.717, 1.165) is 135 Å². The highest BCUT2D eigenvalue weighted by atomic mass is 16.6. The van der Waals surface area contributed by atoms with E-state index in [1.54, 1.807) is 0 Å². The molecule has 1 unspecified atom stereocenters. The summed E-state index contributed by atoms with van der Waals surface area (Å²) in [6, 6.07) is 0. The molecule has 0 aromatic rings. The van der Waals surface area contributed by atoms with Crippen molar-refractivity contribution in [3.05, 3.63) is 134 Å². The Bertz CT molecular complexity index is 1630. The van der Waals surface area contributed by atoms with Crippen molar-refractivity contribution in [2.24, 2.45) is 0 Å². The molecular weight excluding hydrogens is 937 g/mol. The van der Waals surface area contributed by atoms with Crippen molar-refractivity contribution in [1.82, 2.24) is 0 Å². The summed E-state index contributed by atoms with van der Waals surface area (Å²) >= 11 is 0. The maximum absolute atomic E-state index is 12.9. The first-order valence-corrected chi connectivity index (χ1v) is 31.2. The summed E-state index contributed by atoms with van der Waals surface area (Å²) in [5.74, 6) is -0.932. The molecule has 0 spiro atoms. The fraction of sp³-hybridized carbons (Fsp3) is 0.643. The largest absolute Gasteiger partial charge is 0.462 e. The standard InChI is InChI=1S/C70H114O6/c1-4-7-10-13-16-19-22-24-26-28-30-32-34-35-37-38-40-42-44-46-48-51-54-57-60-63-69(72)75-66-67(65-74-68(71)62-59-56-53-50-21-18-15-12-9-6-3)76-70(73)64-61-58-55-52-49-47-45-43-41-39-36-33-31-29-27-25-23-20-17-14-11-8-5-2/h7-8,10-11,16-17,19-20,24-27,30-33,35,37,40,42,46,48,67H,4-6,9,12-15,18,21-23,28-29,34,36,38-39,41,43-45,47,49-66H2,1-3H3/b10-7-,11-8-,19-16-,20-17-,26-24-,27-25-,32-30-,33-31-,37-35-,42-40-,48-46-. The van der Waals surface area contributed by atoms with E-state index in [4.69, 9.17) is 14.2 Å². The molecule has 0 aliphatic carbocycles. The van der Waals surface area contributed by atoms with Gasteiger partial charge in [0.2, 0.25) is 0 Å². The lowest BCUT2D eigenvalue weighted by atomic mass is 10.0. The summed E-state index contributed by atoms with van der Waals surface area (Å²) < 4.78 is 16.9. The topological polar surface area (TPSA) is 78.9 Å². The van der Waals surface area contributed by atoms with Crippen molar-refractivity contribution in [1.29, 1.82) is 0 Å². The molecule has 0 amide bonds. The number of ether oxygens (including phenoxy) is 3. The van der Waals surface area contributed by atoms with Crippen LogP contribution in [0.5, 0.6) is 0 Å². The summed E-state index contributed by atoms with van der Waals surface area (Å²) in [5.41, 5.74) is 0. The highest BCUT2D eigenvalue weighted by molar-refractivity contribution is 5.71. The van der Waals surface area contributed by atoms with Crippen LogP contribution >= 0.6 is 0 Å². The Morgan fingerprint density at radius 3 is 0.816 bits per heavy atom. The quantitative estimate of drug-likeness (QED) is 0.0261. The van der Waals surface area contributed by atoms with E-state index < -0.39 is 6.10 Å². The van der Waals surface area contributed by atoms with Crippen molar-refractivity contribution in [2.75, 3.05) is 13.2 Å². The summed E-state index contributed by atoms with van der Waals surface area (Å²) in [4.78, 5) is 38.2. The molecule has 0 aromatic heterocycles. The third-order valence-corrected chi connectivity index (χ3v) is 12.9. The Kier molecular flexibility index (Phi) is 59.4. The van der Waals surface area contributed by atoms with Gasteiger partial charge < -0.3 is 14.2 Å². The van der Waals surface area contributed by atoms with Gasteiger partial charge in [-0.2, -0.15) is 0 Å². The van der Waals surface area contributed by atoms with Crippen LogP contribution in [0.25, 0.3) is 0 Å². The van der Waals surface area contributed by atoms with E-state index in [1.807, 2.05) is 0 Å². The van der Waals surface area contributed by atoms with Crippen LogP contribution in [0.2, 0.25) is 0 Å². The molecule has 0 bridgehead atoms. The van der Waals surface area contributed by atoms with E-state index >= 15 is 0 Å². The minimum atomic E-state index is -0.798. The first-order chi connectivity index (χ1) is 37.5. The van der Waals surface area contributed by atoms with E-state index in [2.05, 4.69) is 154 Å². The number of hydrogen-bond acceptors (Lipinski definition) is 6. The average Bonchev–Trinajstić information content (AvgIpc) is 3.42. The van der Waals surface area contributed by atoms with Gasteiger partial charge in [-0.25, -0.2) is 0 Å². The van der Waals surface area contributed by atoms with Crippen LogP contribution in [-0.4, -0.2) is 37.2 Å². The van der Waals surface area contributed by atoms with Crippen LogP contribution in [0.4, 0.5) is 0 Å². The molecule has 6 heteroatoms. The molecule has 0 saturated carbocycles. The second kappa shape index (κ2) is 63.1. The Morgan fingerprint density at radius 2 is 0.513 bits per heavy atom. The normalized spacial score (nSPS) is 13.0. The first-order valence-electron chi connectivity index (χ1n) is 31.2. The van der Waals surface area contributed by atoms with Gasteiger partial charge in [0.25, 0.3) is 0 Å². The molecule has 0 rings (SSSR count). The van der Waals surface area contributed by atoms with Crippen LogP contribution in [0.1, 0.15) is 271 Å². The molecule has 0 aliphatic rings. The third kappa shape index (κ3) is 60.4. The molecule has 430 valence electrons. The maximum atomic E-state index is 12.9. The zero-order chi connectivity index (χ0) is 55.0. The van der Waals surface area contributed by atoms with Crippen molar-refractivity contribution >= 4 is 17.9 Å². The lowest BCUT2D eigenvalue weighted by Gasteiger charge is -2.18. The van der Waals surface area contributed by atoms with Crippen LogP contribution in [0, 0.1) is 0 Å². The number of carbonyl (C=O) groups excluding carboxylic acids is 3. The molecular formula is C70H114O6. The Morgan fingerprint density at radius 1 is 0.276 bits per heavy atom. The van der Waals surface area contributed by atoms with Gasteiger partial charge >= 0.3 is 17.9 Å². The highest BCUT2D eigenvalue weighted by Gasteiger charge is 2.19. The third-order valence-electron chi connectivity index (χ3n) is 12.9. The first kappa shape index (κ1) is 71.5. The van der Waals surface area contributed by atoms with Gasteiger partial charge in [-0.3, -0.25) is 14.4 Å². The lowest BCUT2D eigenvalue weighted by molar-refractivity contribution is -0.167. The molecule has 0 fully saturated rings. The average molecular weight is 1050 g/mol. The molecule has 6 nitrogen and oxygen atoms in total.